The molecule has 0 saturated heterocycles. The predicted molar refractivity (Wildman–Crippen MR) is 63.9 cm³/mol. The fourth-order valence-electron chi connectivity index (χ4n) is 2.37. The zero-order valence-corrected chi connectivity index (χ0v) is 11.2. The first-order valence-electron chi connectivity index (χ1n) is 5.72. The van der Waals surface area contributed by atoms with E-state index in [4.69, 9.17) is 15.4 Å². The third-order valence-electron chi connectivity index (χ3n) is 3.54. The number of esters is 1. The molecular weight excluding hydrogens is 264 g/mol. The van der Waals surface area contributed by atoms with E-state index in [1.165, 1.54) is 0 Å². The van der Waals surface area contributed by atoms with E-state index in [-0.39, 0.29) is 22.5 Å². The molecule has 0 unspecified atom stereocenters. The molecule has 1 saturated carbocycles. The Hall–Kier alpha value is -0.550. The number of carbonyl (C=O) groups excluding carboxylic acids is 1. The van der Waals surface area contributed by atoms with Crippen LogP contribution in [-0.4, -0.2) is 21.0 Å². The van der Waals surface area contributed by atoms with Crippen molar-refractivity contribution in [2.24, 2.45) is 5.41 Å². The van der Waals surface area contributed by atoms with Gasteiger partial charge < -0.3 is 4.74 Å². The lowest BCUT2D eigenvalue weighted by Gasteiger charge is -2.24. The van der Waals surface area contributed by atoms with Crippen molar-refractivity contribution in [3.8, 4) is 0 Å². The number of rotatable bonds is 3. The third kappa shape index (κ3) is 2.65. The summed E-state index contributed by atoms with van der Waals surface area (Å²) >= 11 is 0. The van der Waals surface area contributed by atoms with E-state index >= 15 is 0 Å². The first kappa shape index (κ1) is 12.9. The van der Waals surface area contributed by atoms with E-state index in [0.717, 1.165) is 19.3 Å². The van der Waals surface area contributed by atoms with Crippen LogP contribution in [0.3, 0.4) is 0 Å². The van der Waals surface area contributed by atoms with Gasteiger partial charge in [-0.15, -0.1) is 0 Å². The van der Waals surface area contributed by atoms with Gasteiger partial charge in [-0.2, -0.15) is 0 Å². The largest absolute Gasteiger partial charge is 0.463 e. The van der Waals surface area contributed by atoms with Crippen molar-refractivity contribution in [1.82, 2.24) is 0 Å². The van der Waals surface area contributed by atoms with Crippen LogP contribution in [0, 0.1) is 5.41 Å². The highest BCUT2D eigenvalue weighted by Crippen LogP contribution is 2.58. The van der Waals surface area contributed by atoms with Crippen LogP contribution in [-0.2, 0) is 18.6 Å². The minimum Gasteiger partial charge on any atom is -0.463 e. The molecule has 1 spiro atoms. The average Bonchev–Trinajstić information content (AvgIpc) is 2.96. The van der Waals surface area contributed by atoms with Crippen molar-refractivity contribution < 1.29 is 17.9 Å². The lowest BCUT2D eigenvalue weighted by molar-refractivity contribution is -0.139. The molecule has 0 N–H and O–H groups in total. The first-order chi connectivity index (χ1) is 7.88. The molecule has 1 fully saturated rings. The van der Waals surface area contributed by atoms with Gasteiger partial charge in [-0.3, -0.25) is 0 Å². The minimum atomic E-state index is -3.81. The van der Waals surface area contributed by atoms with Crippen molar-refractivity contribution in [2.75, 3.05) is 6.61 Å². The highest BCUT2D eigenvalue weighted by molar-refractivity contribution is 8.16. The Kier molecular flexibility index (Phi) is 3.25. The van der Waals surface area contributed by atoms with Crippen LogP contribution in [0.25, 0.3) is 0 Å². The fourth-order valence-corrected chi connectivity index (χ4v) is 3.67. The van der Waals surface area contributed by atoms with Crippen molar-refractivity contribution in [1.29, 1.82) is 0 Å². The molecule has 2 aliphatic carbocycles. The van der Waals surface area contributed by atoms with Crippen LogP contribution in [0.15, 0.2) is 10.5 Å². The maximum atomic E-state index is 11.8. The molecule has 0 heterocycles. The molecule has 4 nitrogen and oxygen atoms in total. The molecule has 6 heteroatoms. The Morgan fingerprint density at radius 1 is 1.41 bits per heavy atom. The number of hydrogen-bond acceptors (Lipinski definition) is 4. The monoisotopic (exact) mass is 278 g/mol. The van der Waals surface area contributed by atoms with Gasteiger partial charge in [-0.1, -0.05) is 0 Å². The Bertz CT molecular complexity index is 474. The summed E-state index contributed by atoms with van der Waals surface area (Å²) in [6, 6.07) is 0. The maximum Gasteiger partial charge on any atom is 0.335 e. The molecule has 0 aliphatic heterocycles. The minimum absolute atomic E-state index is 0.0649. The number of allylic oxidation sites excluding steroid dienone is 1. The van der Waals surface area contributed by atoms with Crippen LogP contribution in [0.4, 0.5) is 0 Å². The van der Waals surface area contributed by atoms with Crippen LogP contribution in [0.2, 0.25) is 0 Å². The number of carbonyl (C=O) groups is 1. The molecule has 0 aromatic rings. The molecule has 0 aromatic carbocycles. The van der Waals surface area contributed by atoms with Gasteiger partial charge in [0, 0.05) is 10.7 Å². The molecule has 2 aliphatic rings. The second kappa shape index (κ2) is 4.28. The summed E-state index contributed by atoms with van der Waals surface area (Å²) in [5.74, 6) is -0.530. The molecule has 0 bridgehead atoms. The van der Waals surface area contributed by atoms with Crippen LogP contribution in [0.1, 0.15) is 39.0 Å². The SMILES string of the molecule is CCOC(=O)C1=C(S(=O)(=O)Cl)CCC2(CC2)C1. The Morgan fingerprint density at radius 3 is 2.53 bits per heavy atom. The van der Waals surface area contributed by atoms with Crippen molar-refractivity contribution in [2.45, 2.75) is 39.0 Å². The van der Waals surface area contributed by atoms with Gasteiger partial charge >= 0.3 is 5.97 Å². The molecule has 0 radical (unpaired) electrons. The van der Waals surface area contributed by atoms with Gasteiger partial charge in [-0.05, 0) is 44.4 Å². The summed E-state index contributed by atoms with van der Waals surface area (Å²) in [5, 5.41) is 0. The normalized spacial score (nSPS) is 22.7. The molecule has 0 aromatic heterocycles. The first-order valence-corrected chi connectivity index (χ1v) is 8.03. The number of hydrogen-bond donors (Lipinski definition) is 0. The number of ether oxygens (including phenoxy) is 1. The second-order valence-electron chi connectivity index (χ2n) is 4.74. The van der Waals surface area contributed by atoms with Crippen LogP contribution in [0.5, 0.6) is 0 Å². The van der Waals surface area contributed by atoms with Crippen LogP contribution < -0.4 is 0 Å². The summed E-state index contributed by atoms with van der Waals surface area (Å²) in [6.07, 6.45) is 3.78. The van der Waals surface area contributed by atoms with Crippen LogP contribution >= 0.6 is 10.7 Å². The fraction of sp³-hybridized carbons (Fsp3) is 0.727. The zero-order valence-electron chi connectivity index (χ0n) is 9.66. The molecule has 17 heavy (non-hydrogen) atoms. The Balaban J connectivity index is 2.35. The molecule has 0 atom stereocenters. The zero-order chi connectivity index (χ0) is 12.7. The molecule has 2 rings (SSSR count). The topological polar surface area (TPSA) is 60.4 Å². The lowest BCUT2D eigenvalue weighted by Crippen LogP contribution is -2.21. The quantitative estimate of drug-likeness (QED) is 0.587. The standard InChI is InChI=1S/C11H15ClO4S/c1-2-16-10(13)8-7-11(5-6-11)4-3-9(8)17(12,14)15/h2-7H2,1H3. The third-order valence-corrected chi connectivity index (χ3v) is 5.14. The van der Waals surface area contributed by atoms with Crippen molar-refractivity contribution in [3.05, 3.63) is 10.5 Å². The highest BCUT2D eigenvalue weighted by atomic mass is 35.7. The smallest absolute Gasteiger partial charge is 0.335 e. The number of halogens is 1. The average molecular weight is 279 g/mol. The second-order valence-corrected chi connectivity index (χ2v) is 7.32. The summed E-state index contributed by atoms with van der Waals surface area (Å²) in [4.78, 5) is 11.8. The van der Waals surface area contributed by atoms with E-state index in [0.29, 0.717) is 12.8 Å². The predicted octanol–water partition coefficient (Wildman–Crippen LogP) is 2.34. The summed E-state index contributed by atoms with van der Waals surface area (Å²) in [5.41, 5.74) is 0.415. The molecule has 96 valence electrons. The van der Waals surface area contributed by atoms with E-state index < -0.39 is 15.0 Å². The maximum absolute atomic E-state index is 11.8. The van der Waals surface area contributed by atoms with Crippen molar-refractivity contribution in [3.63, 3.8) is 0 Å². The van der Waals surface area contributed by atoms with Gasteiger partial charge in [0.25, 0.3) is 9.05 Å². The molecule has 0 amide bonds. The van der Waals surface area contributed by atoms with E-state index in [1.54, 1.807) is 6.92 Å². The van der Waals surface area contributed by atoms with Crippen molar-refractivity contribution >= 4 is 25.7 Å². The van der Waals surface area contributed by atoms with E-state index in [1.807, 2.05) is 0 Å². The molecular formula is C11H15ClO4S. The van der Waals surface area contributed by atoms with Gasteiger partial charge in [0.1, 0.15) is 0 Å². The Labute approximate surface area is 105 Å². The van der Waals surface area contributed by atoms with E-state index in [9.17, 15) is 13.2 Å². The van der Waals surface area contributed by atoms with Gasteiger partial charge in [0.15, 0.2) is 0 Å². The summed E-state index contributed by atoms with van der Waals surface area (Å²) < 4.78 is 27.8. The van der Waals surface area contributed by atoms with Gasteiger partial charge in [-0.25, -0.2) is 13.2 Å². The van der Waals surface area contributed by atoms with Gasteiger partial charge in [0.2, 0.25) is 0 Å². The van der Waals surface area contributed by atoms with Gasteiger partial charge in [0.05, 0.1) is 17.1 Å². The Morgan fingerprint density at radius 2 is 2.06 bits per heavy atom. The van der Waals surface area contributed by atoms with E-state index in [2.05, 4.69) is 0 Å². The highest BCUT2D eigenvalue weighted by Gasteiger charge is 2.48. The lowest BCUT2D eigenvalue weighted by atomic mass is 9.86. The summed E-state index contributed by atoms with van der Waals surface area (Å²) in [7, 11) is 1.56. The summed E-state index contributed by atoms with van der Waals surface area (Å²) in [6.45, 7) is 1.94.